The number of rotatable bonds is 6. The molecule has 0 aliphatic heterocycles. The van der Waals surface area contributed by atoms with Crippen LogP contribution in [0.1, 0.15) is 19.4 Å². The van der Waals surface area contributed by atoms with Gasteiger partial charge in [0, 0.05) is 7.05 Å². The Morgan fingerprint density at radius 1 is 1.32 bits per heavy atom. The molecule has 0 spiro atoms. The smallest absolute Gasteiger partial charge is 0.240 e. The summed E-state index contributed by atoms with van der Waals surface area (Å²) in [5.41, 5.74) is 6.87. The van der Waals surface area contributed by atoms with Crippen molar-refractivity contribution in [1.82, 2.24) is 4.90 Å². The number of nitrogens with two attached hydrogens (primary N) is 1. The molecule has 0 aliphatic carbocycles. The normalized spacial score (nSPS) is 13.9. The molecule has 0 heterocycles. The van der Waals surface area contributed by atoms with E-state index < -0.39 is 12.1 Å². The molecule has 2 N–H and O–H groups in total. The van der Waals surface area contributed by atoms with Crippen LogP contribution >= 0.6 is 0 Å². The Labute approximate surface area is 114 Å². The van der Waals surface area contributed by atoms with Crippen molar-refractivity contribution in [2.24, 2.45) is 11.7 Å². The van der Waals surface area contributed by atoms with Crippen molar-refractivity contribution in [1.29, 1.82) is 0 Å². The topological polar surface area (TPSA) is 63.4 Å². The number of likely N-dealkylation sites (N-methyl/N-ethyl adjacent to an activating group) is 1. The second-order valence-electron chi connectivity index (χ2n) is 5.11. The summed E-state index contributed by atoms with van der Waals surface area (Å²) in [5, 5.41) is 0. The molecule has 0 aliphatic rings. The first-order valence-corrected chi connectivity index (χ1v) is 6.48. The lowest BCUT2D eigenvalue weighted by molar-refractivity contribution is -0.136. The first-order chi connectivity index (χ1) is 8.97. The average Bonchev–Trinajstić information content (AvgIpc) is 2.43. The quantitative estimate of drug-likeness (QED) is 0.784. The van der Waals surface area contributed by atoms with E-state index in [1.165, 1.54) is 4.90 Å². The summed E-state index contributed by atoms with van der Waals surface area (Å²) >= 11 is 0. The van der Waals surface area contributed by atoms with Gasteiger partial charge in [0.05, 0.1) is 12.1 Å². The van der Waals surface area contributed by atoms with Crippen LogP contribution in [0.2, 0.25) is 0 Å². The van der Waals surface area contributed by atoms with Crippen molar-refractivity contribution in [3.05, 3.63) is 35.9 Å². The highest BCUT2D eigenvalue weighted by Crippen LogP contribution is 2.09. The monoisotopic (exact) mass is 262 g/mol. The van der Waals surface area contributed by atoms with Crippen molar-refractivity contribution in [3.8, 4) is 0 Å². The number of amides is 1. The molecule has 2 atom stereocenters. The van der Waals surface area contributed by atoms with Crippen LogP contribution in [0.3, 0.4) is 0 Å². The van der Waals surface area contributed by atoms with E-state index in [0.29, 0.717) is 6.42 Å². The highest BCUT2D eigenvalue weighted by molar-refractivity contribution is 5.84. The molecular formula is C15H22N2O2. The Balaban J connectivity index is 2.74. The van der Waals surface area contributed by atoms with Crippen LogP contribution in [0.5, 0.6) is 0 Å². The molecule has 0 unspecified atom stereocenters. The van der Waals surface area contributed by atoms with Gasteiger partial charge in [-0.2, -0.15) is 0 Å². The van der Waals surface area contributed by atoms with Crippen molar-refractivity contribution >= 4 is 12.2 Å². The number of nitrogens with zero attached hydrogens (tertiary/aromatic N) is 1. The zero-order valence-corrected chi connectivity index (χ0v) is 11.7. The molecule has 1 rings (SSSR count). The predicted molar refractivity (Wildman–Crippen MR) is 75.6 cm³/mol. The second-order valence-corrected chi connectivity index (χ2v) is 5.11. The summed E-state index contributed by atoms with van der Waals surface area (Å²) in [6, 6.07) is 8.60. The lowest BCUT2D eigenvalue weighted by Crippen LogP contribution is -2.49. The maximum atomic E-state index is 12.1. The van der Waals surface area contributed by atoms with Gasteiger partial charge in [-0.05, 0) is 17.9 Å². The van der Waals surface area contributed by atoms with Crippen LogP contribution in [0.4, 0.5) is 0 Å². The van der Waals surface area contributed by atoms with E-state index in [1.807, 2.05) is 44.2 Å². The molecule has 0 saturated carbocycles. The highest BCUT2D eigenvalue weighted by Gasteiger charge is 2.26. The van der Waals surface area contributed by atoms with Gasteiger partial charge in [-0.3, -0.25) is 4.79 Å². The Kier molecular flexibility index (Phi) is 5.70. The third-order valence-corrected chi connectivity index (χ3v) is 3.29. The third kappa shape index (κ3) is 4.17. The molecule has 1 amide bonds. The minimum atomic E-state index is -0.566. The van der Waals surface area contributed by atoms with E-state index in [4.69, 9.17) is 5.73 Å². The number of hydrogen-bond acceptors (Lipinski definition) is 3. The molecule has 4 heteroatoms. The van der Waals surface area contributed by atoms with Gasteiger partial charge < -0.3 is 15.4 Å². The minimum absolute atomic E-state index is 0.0546. The summed E-state index contributed by atoms with van der Waals surface area (Å²) in [4.78, 5) is 24.8. The van der Waals surface area contributed by atoms with Crippen molar-refractivity contribution in [3.63, 3.8) is 0 Å². The third-order valence-electron chi connectivity index (χ3n) is 3.29. The van der Waals surface area contributed by atoms with E-state index in [-0.39, 0.29) is 11.8 Å². The zero-order chi connectivity index (χ0) is 14.4. The fraction of sp³-hybridized carbons (Fsp3) is 0.467. The van der Waals surface area contributed by atoms with Crippen molar-refractivity contribution < 1.29 is 9.59 Å². The Bertz CT molecular complexity index is 417. The molecular weight excluding hydrogens is 240 g/mol. The zero-order valence-electron chi connectivity index (χ0n) is 11.7. The van der Waals surface area contributed by atoms with Crippen LogP contribution in [-0.4, -0.2) is 36.2 Å². The SMILES string of the molecule is CC(C)[C@H](N)C(=O)N(C)[C@@H](C=O)Cc1ccccc1. The van der Waals surface area contributed by atoms with Gasteiger partial charge in [-0.15, -0.1) is 0 Å². The van der Waals surface area contributed by atoms with Gasteiger partial charge in [-0.25, -0.2) is 0 Å². The number of aldehydes is 1. The first-order valence-electron chi connectivity index (χ1n) is 6.48. The molecule has 1 aromatic carbocycles. The summed E-state index contributed by atoms with van der Waals surface area (Å²) < 4.78 is 0. The number of benzene rings is 1. The molecule has 0 bridgehead atoms. The lowest BCUT2D eigenvalue weighted by Gasteiger charge is -2.28. The standard InChI is InChI=1S/C15H22N2O2/c1-11(2)14(16)15(19)17(3)13(10-18)9-12-7-5-4-6-8-12/h4-8,10-11,13-14H,9,16H2,1-3H3/t13-,14+/m1/s1. The summed E-state index contributed by atoms with van der Waals surface area (Å²) in [5.74, 6) is -0.137. The maximum absolute atomic E-state index is 12.1. The van der Waals surface area contributed by atoms with Gasteiger partial charge in [0.2, 0.25) is 5.91 Å². The Hall–Kier alpha value is -1.68. The van der Waals surface area contributed by atoms with Crippen LogP contribution < -0.4 is 5.73 Å². The molecule has 0 saturated heterocycles. The minimum Gasteiger partial charge on any atom is -0.334 e. The summed E-state index contributed by atoms with van der Waals surface area (Å²) in [7, 11) is 1.63. The van der Waals surface area contributed by atoms with Gasteiger partial charge in [-0.1, -0.05) is 44.2 Å². The molecule has 1 aromatic rings. The van der Waals surface area contributed by atoms with Crippen molar-refractivity contribution in [2.45, 2.75) is 32.4 Å². The van der Waals surface area contributed by atoms with Gasteiger partial charge >= 0.3 is 0 Å². The van der Waals surface area contributed by atoms with Gasteiger partial charge in [0.1, 0.15) is 6.29 Å². The second kappa shape index (κ2) is 7.04. The maximum Gasteiger partial charge on any atom is 0.240 e. The Morgan fingerprint density at radius 2 is 1.89 bits per heavy atom. The summed E-state index contributed by atoms with van der Waals surface area (Å²) in [6.45, 7) is 3.78. The first kappa shape index (κ1) is 15.4. The fourth-order valence-electron chi connectivity index (χ4n) is 1.82. The Morgan fingerprint density at radius 3 is 2.37 bits per heavy atom. The van der Waals surface area contributed by atoms with E-state index in [1.54, 1.807) is 7.05 Å². The number of carbonyl (C=O) groups is 2. The molecule has 0 aromatic heterocycles. The molecule has 104 valence electrons. The molecule has 4 nitrogen and oxygen atoms in total. The van der Waals surface area contributed by atoms with E-state index in [9.17, 15) is 9.59 Å². The van der Waals surface area contributed by atoms with Crippen LogP contribution in [-0.2, 0) is 16.0 Å². The lowest BCUT2D eigenvalue weighted by atomic mass is 10.0. The summed E-state index contributed by atoms with van der Waals surface area (Å²) in [6.07, 6.45) is 1.31. The number of hydrogen-bond donors (Lipinski definition) is 1. The van der Waals surface area contributed by atoms with Crippen LogP contribution in [0.15, 0.2) is 30.3 Å². The van der Waals surface area contributed by atoms with Gasteiger partial charge in [0.25, 0.3) is 0 Å². The van der Waals surface area contributed by atoms with E-state index in [0.717, 1.165) is 11.8 Å². The van der Waals surface area contributed by atoms with E-state index in [2.05, 4.69) is 0 Å². The highest BCUT2D eigenvalue weighted by atomic mass is 16.2. The molecule has 19 heavy (non-hydrogen) atoms. The molecule has 0 radical (unpaired) electrons. The van der Waals surface area contributed by atoms with Crippen LogP contribution in [0.25, 0.3) is 0 Å². The average molecular weight is 262 g/mol. The predicted octanol–water partition coefficient (Wildman–Crippen LogP) is 1.24. The van der Waals surface area contributed by atoms with Crippen LogP contribution in [0, 0.1) is 5.92 Å². The fourth-order valence-corrected chi connectivity index (χ4v) is 1.82. The van der Waals surface area contributed by atoms with Gasteiger partial charge in [0.15, 0.2) is 0 Å². The van der Waals surface area contributed by atoms with Crippen molar-refractivity contribution in [2.75, 3.05) is 7.05 Å². The van der Waals surface area contributed by atoms with E-state index >= 15 is 0 Å². The number of carbonyl (C=O) groups excluding carboxylic acids is 2. The largest absolute Gasteiger partial charge is 0.334 e. The molecule has 0 fully saturated rings.